The summed E-state index contributed by atoms with van der Waals surface area (Å²) in [6.45, 7) is 1.62. The molecule has 1 heterocycles. The van der Waals surface area contributed by atoms with E-state index in [1.54, 1.807) is 14.0 Å². The Morgan fingerprint density at radius 3 is 2.67 bits per heavy atom. The average Bonchev–Trinajstić information content (AvgIpc) is 2.44. The Labute approximate surface area is 117 Å². The number of anilines is 1. The number of nitro benzene ring substituents is 1. The van der Waals surface area contributed by atoms with Gasteiger partial charge in [0.05, 0.1) is 11.0 Å². The summed E-state index contributed by atoms with van der Waals surface area (Å²) in [6, 6.07) is 1.06. The summed E-state index contributed by atoms with van der Waals surface area (Å²) in [5.41, 5.74) is -0.470. The first kappa shape index (κ1) is 14.6. The number of hydrogen-bond acceptors (Lipinski definition) is 6. The van der Waals surface area contributed by atoms with Crippen molar-refractivity contribution in [2.24, 2.45) is 0 Å². The molecule has 0 radical (unpaired) electrons. The Bertz CT molecular complexity index is 709. The molecular formula is C12H10F2N4O3. The highest BCUT2D eigenvalue weighted by Gasteiger charge is 2.20. The number of nitro groups is 1. The monoisotopic (exact) mass is 296 g/mol. The van der Waals surface area contributed by atoms with Crippen molar-refractivity contribution in [3.63, 3.8) is 0 Å². The minimum atomic E-state index is -1.20. The van der Waals surface area contributed by atoms with Gasteiger partial charge in [-0.3, -0.25) is 10.1 Å². The van der Waals surface area contributed by atoms with Gasteiger partial charge < -0.3 is 10.1 Å². The van der Waals surface area contributed by atoms with Crippen molar-refractivity contribution >= 4 is 11.6 Å². The number of benzene rings is 1. The second-order valence-electron chi connectivity index (χ2n) is 4.02. The Morgan fingerprint density at radius 2 is 2.05 bits per heavy atom. The van der Waals surface area contributed by atoms with Crippen molar-refractivity contribution in [1.82, 2.24) is 9.97 Å². The predicted octanol–water partition coefficient (Wildman–Crippen LogP) is 2.81. The Morgan fingerprint density at radius 1 is 1.33 bits per heavy atom. The van der Waals surface area contributed by atoms with Gasteiger partial charge in [0.1, 0.15) is 0 Å². The number of aromatic nitrogens is 2. The van der Waals surface area contributed by atoms with Crippen LogP contribution in [0.5, 0.6) is 11.6 Å². The van der Waals surface area contributed by atoms with Crippen LogP contribution in [0, 0.1) is 28.7 Å². The maximum atomic E-state index is 13.7. The molecule has 0 saturated heterocycles. The van der Waals surface area contributed by atoms with Crippen molar-refractivity contribution in [2.75, 3.05) is 12.4 Å². The van der Waals surface area contributed by atoms with Crippen LogP contribution in [-0.2, 0) is 0 Å². The standard InChI is InChI=1S/C12H10F2N4O3/c1-6-5-16-12(15-2)17-11(6)21-10-4-7(13)9(18(19)20)3-8(10)14/h3-5H,1-2H3,(H,15,16,17). The Balaban J connectivity index is 2.40. The number of hydrogen-bond donors (Lipinski definition) is 1. The molecule has 0 aliphatic carbocycles. The number of nitrogens with zero attached hydrogens (tertiary/aromatic N) is 3. The molecule has 0 amide bonds. The van der Waals surface area contributed by atoms with E-state index in [0.717, 1.165) is 0 Å². The van der Waals surface area contributed by atoms with Crippen LogP contribution < -0.4 is 10.1 Å². The highest BCUT2D eigenvalue weighted by Crippen LogP contribution is 2.30. The van der Waals surface area contributed by atoms with E-state index in [-0.39, 0.29) is 11.8 Å². The summed E-state index contributed by atoms with van der Waals surface area (Å²) in [7, 11) is 1.58. The lowest BCUT2D eigenvalue weighted by atomic mass is 10.2. The van der Waals surface area contributed by atoms with E-state index in [1.807, 2.05) is 0 Å². The first-order valence-electron chi connectivity index (χ1n) is 5.75. The fourth-order valence-electron chi connectivity index (χ4n) is 1.49. The first-order chi connectivity index (χ1) is 9.92. The van der Waals surface area contributed by atoms with E-state index >= 15 is 0 Å². The zero-order valence-corrected chi connectivity index (χ0v) is 11.1. The van der Waals surface area contributed by atoms with E-state index in [0.29, 0.717) is 17.7 Å². The lowest BCUT2D eigenvalue weighted by molar-refractivity contribution is -0.387. The third-order valence-corrected chi connectivity index (χ3v) is 2.55. The van der Waals surface area contributed by atoms with Crippen molar-refractivity contribution < 1.29 is 18.4 Å². The number of aryl methyl sites for hydroxylation is 1. The molecule has 110 valence electrons. The molecule has 1 aromatic carbocycles. The number of rotatable bonds is 4. The normalized spacial score (nSPS) is 10.3. The highest BCUT2D eigenvalue weighted by atomic mass is 19.1. The SMILES string of the molecule is CNc1ncc(C)c(Oc2cc(F)c([N+](=O)[O-])cc2F)n1. The van der Waals surface area contributed by atoms with Gasteiger partial charge in [0.15, 0.2) is 11.6 Å². The second-order valence-corrected chi connectivity index (χ2v) is 4.02. The first-order valence-corrected chi connectivity index (χ1v) is 5.75. The summed E-state index contributed by atoms with van der Waals surface area (Å²) in [5, 5.41) is 13.2. The molecule has 1 aromatic heterocycles. The maximum absolute atomic E-state index is 13.7. The molecule has 0 spiro atoms. The minimum absolute atomic E-state index is 0.0153. The second kappa shape index (κ2) is 5.65. The summed E-state index contributed by atoms with van der Waals surface area (Å²) in [6.07, 6.45) is 1.44. The van der Waals surface area contributed by atoms with Crippen LogP contribution in [-0.4, -0.2) is 21.9 Å². The zero-order chi connectivity index (χ0) is 15.6. The van der Waals surface area contributed by atoms with Crippen LogP contribution in [0.25, 0.3) is 0 Å². The molecule has 0 saturated carbocycles. The summed E-state index contributed by atoms with van der Waals surface area (Å²) < 4.78 is 32.4. The van der Waals surface area contributed by atoms with Crippen molar-refractivity contribution in [3.8, 4) is 11.6 Å². The fourth-order valence-corrected chi connectivity index (χ4v) is 1.49. The molecule has 2 rings (SSSR count). The number of ether oxygens (including phenoxy) is 1. The van der Waals surface area contributed by atoms with Crippen LogP contribution in [0.3, 0.4) is 0 Å². The topological polar surface area (TPSA) is 90.2 Å². The lowest BCUT2D eigenvalue weighted by Crippen LogP contribution is -2.01. The smallest absolute Gasteiger partial charge is 0.307 e. The van der Waals surface area contributed by atoms with Crippen molar-refractivity contribution in [3.05, 3.63) is 45.6 Å². The molecule has 0 unspecified atom stereocenters. The van der Waals surface area contributed by atoms with Gasteiger partial charge in [-0.15, -0.1) is 0 Å². The van der Waals surface area contributed by atoms with Gasteiger partial charge in [-0.05, 0) is 6.92 Å². The molecule has 7 nitrogen and oxygen atoms in total. The minimum Gasteiger partial charge on any atom is -0.435 e. The summed E-state index contributed by atoms with van der Waals surface area (Å²) >= 11 is 0. The molecule has 0 aliphatic heterocycles. The molecule has 9 heteroatoms. The quantitative estimate of drug-likeness (QED) is 0.689. The number of halogens is 2. The molecular weight excluding hydrogens is 286 g/mol. The third kappa shape index (κ3) is 3.02. The third-order valence-electron chi connectivity index (χ3n) is 2.55. The van der Waals surface area contributed by atoms with Gasteiger partial charge >= 0.3 is 5.69 Å². The molecule has 0 fully saturated rings. The maximum Gasteiger partial charge on any atom is 0.307 e. The number of nitrogens with one attached hydrogen (secondary N) is 1. The summed E-state index contributed by atoms with van der Waals surface area (Å²) in [4.78, 5) is 17.4. The zero-order valence-electron chi connectivity index (χ0n) is 11.1. The van der Waals surface area contributed by atoms with Crippen LogP contribution in [0.4, 0.5) is 20.4 Å². The van der Waals surface area contributed by atoms with E-state index in [2.05, 4.69) is 15.3 Å². The van der Waals surface area contributed by atoms with Crippen LogP contribution in [0.1, 0.15) is 5.56 Å². The fraction of sp³-hybridized carbons (Fsp3) is 0.167. The predicted molar refractivity (Wildman–Crippen MR) is 69.4 cm³/mol. The Kier molecular flexibility index (Phi) is 3.92. The van der Waals surface area contributed by atoms with Crippen molar-refractivity contribution in [2.45, 2.75) is 6.92 Å². The van der Waals surface area contributed by atoms with Gasteiger partial charge in [0.25, 0.3) is 0 Å². The van der Waals surface area contributed by atoms with Gasteiger partial charge in [-0.1, -0.05) is 0 Å². The largest absolute Gasteiger partial charge is 0.435 e. The Hall–Kier alpha value is -2.84. The lowest BCUT2D eigenvalue weighted by Gasteiger charge is -2.09. The summed E-state index contributed by atoms with van der Waals surface area (Å²) in [5.74, 6) is -2.51. The molecule has 21 heavy (non-hydrogen) atoms. The van der Waals surface area contributed by atoms with Crippen molar-refractivity contribution in [1.29, 1.82) is 0 Å². The highest BCUT2D eigenvalue weighted by molar-refractivity contribution is 5.42. The van der Waals surface area contributed by atoms with E-state index in [9.17, 15) is 18.9 Å². The van der Waals surface area contributed by atoms with E-state index in [1.165, 1.54) is 6.20 Å². The van der Waals surface area contributed by atoms with E-state index < -0.39 is 28.0 Å². The van der Waals surface area contributed by atoms with Gasteiger partial charge in [-0.2, -0.15) is 9.37 Å². The average molecular weight is 296 g/mol. The van der Waals surface area contributed by atoms with Crippen LogP contribution in [0.2, 0.25) is 0 Å². The van der Waals surface area contributed by atoms with Gasteiger partial charge in [0.2, 0.25) is 17.6 Å². The molecule has 0 aliphatic rings. The van der Waals surface area contributed by atoms with Crippen LogP contribution in [0.15, 0.2) is 18.3 Å². The van der Waals surface area contributed by atoms with Crippen LogP contribution >= 0.6 is 0 Å². The van der Waals surface area contributed by atoms with Gasteiger partial charge in [0, 0.05) is 24.9 Å². The molecule has 1 N–H and O–H groups in total. The van der Waals surface area contributed by atoms with Gasteiger partial charge in [-0.25, -0.2) is 9.37 Å². The molecule has 0 atom stereocenters. The van der Waals surface area contributed by atoms with E-state index in [4.69, 9.17) is 4.74 Å². The molecule has 0 bridgehead atoms. The molecule has 2 aromatic rings.